The summed E-state index contributed by atoms with van der Waals surface area (Å²) in [7, 11) is -4.58. The Morgan fingerprint density at radius 1 is 1.37 bits per heavy atom. The van der Waals surface area contributed by atoms with Gasteiger partial charge in [0.05, 0.1) is 18.9 Å². The fraction of sp³-hybridized carbons (Fsp3) is 0.435. The number of nitrogens with two attached hydrogens (primary N) is 2. The van der Waals surface area contributed by atoms with Gasteiger partial charge in [-0.05, 0) is 32.9 Å². The van der Waals surface area contributed by atoms with Gasteiger partial charge in [0.1, 0.15) is 18.0 Å². The van der Waals surface area contributed by atoms with E-state index in [1.54, 1.807) is 32.0 Å². The molecule has 13 nitrogen and oxygen atoms in total. The smallest absolute Gasteiger partial charge is 0.461 e. The summed E-state index contributed by atoms with van der Waals surface area (Å²) >= 11 is 0. The van der Waals surface area contributed by atoms with Crippen molar-refractivity contribution in [3.8, 4) is 18.1 Å². The van der Waals surface area contributed by atoms with Crippen LogP contribution >= 0.6 is 7.82 Å². The molecule has 0 amide bonds. The van der Waals surface area contributed by atoms with E-state index in [2.05, 4.69) is 10.9 Å². The van der Waals surface area contributed by atoms with Crippen molar-refractivity contribution in [2.24, 2.45) is 5.73 Å². The number of phosphoric ester groups is 1. The van der Waals surface area contributed by atoms with Crippen molar-refractivity contribution in [3.05, 3.63) is 52.8 Å². The van der Waals surface area contributed by atoms with Gasteiger partial charge in [0, 0.05) is 0 Å². The number of esters is 1. The SMILES string of the molecule is C#CC1(N)[C@@H](O)[C@@H](CO[P@](=O)(Oc2ccccc2)O[C@@H](C)C(=O)OC(C)C)O[C@H]1n1cc(F)c(N)nc1=O. The van der Waals surface area contributed by atoms with Gasteiger partial charge in [0.15, 0.2) is 29.5 Å². The van der Waals surface area contributed by atoms with Gasteiger partial charge in [-0.1, -0.05) is 24.1 Å². The molecule has 1 aromatic carbocycles. The third-order valence-electron chi connectivity index (χ3n) is 5.32. The number of aliphatic hydroxyl groups is 1. The summed E-state index contributed by atoms with van der Waals surface area (Å²) < 4.78 is 55.1. The second-order valence-corrected chi connectivity index (χ2v) is 10.1. The highest BCUT2D eigenvalue weighted by atomic mass is 31.2. The molecule has 15 heteroatoms. The van der Waals surface area contributed by atoms with E-state index in [0.29, 0.717) is 10.8 Å². The topological polar surface area (TPSA) is 187 Å². The van der Waals surface area contributed by atoms with Crippen LogP contribution in [0.25, 0.3) is 0 Å². The molecular weight excluding hydrogens is 526 g/mol. The van der Waals surface area contributed by atoms with Crippen molar-refractivity contribution in [1.82, 2.24) is 9.55 Å². The van der Waals surface area contributed by atoms with Crippen molar-refractivity contribution >= 4 is 19.6 Å². The monoisotopic (exact) mass is 554 g/mol. The van der Waals surface area contributed by atoms with E-state index >= 15 is 0 Å². The highest BCUT2D eigenvalue weighted by Gasteiger charge is 2.55. The molecule has 0 bridgehead atoms. The van der Waals surface area contributed by atoms with Crippen LogP contribution in [0.1, 0.15) is 27.0 Å². The largest absolute Gasteiger partial charge is 0.530 e. The van der Waals surface area contributed by atoms with Gasteiger partial charge in [-0.2, -0.15) is 4.98 Å². The Morgan fingerprint density at radius 2 is 2.03 bits per heavy atom. The van der Waals surface area contributed by atoms with E-state index in [1.807, 2.05) is 0 Å². The van der Waals surface area contributed by atoms with Gasteiger partial charge in [-0.25, -0.2) is 18.5 Å². The molecular formula is C23H28FN4O9P. The highest BCUT2D eigenvalue weighted by Crippen LogP contribution is 2.51. The third kappa shape index (κ3) is 6.39. The number of carbonyl (C=O) groups excluding carboxylic acids is 1. The molecule has 1 aromatic heterocycles. The van der Waals surface area contributed by atoms with Crippen LogP contribution in [0.2, 0.25) is 0 Å². The maximum absolute atomic E-state index is 14.0. The van der Waals surface area contributed by atoms with Crippen molar-refractivity contribution in [1.29, 1.82) is 0 Å². The molecule has 0 spiro atoms. The van der Waals surface area contributed by atoms with E-state index in [1.165, 1.54) is 19.1 Å². The normalized spacial score (nSPS) is 25.4. The van der Waals surface area contributed by atoms with Gasteiger partial charge in [-0.15, -0.1) is 6.42 Å². The first-order chi connectivity index (χ1) is 17.8. The Morgan fingerprint density at radius 3 is 2.63 bits per heavy atom. The zero-order chi connectivity index (χ0) is 28.3. The quantitative estimate of drug-likeness (QED) is 0.216. The zero-order valence-corrected chi connectivity index (χ0v) is 21.6. The molecule has 0 aliphatic carbocycles. The van der Waals surface area contributed by atoms with E-state index in [0.717, 1.165) is 0 Å². The highest BCUT2D eigenvalue weighted by molar-refractivity contribution is 7.49. The number of terminal acetylenes is 1. The number of hydrogen-bond donors (Lipinski definition) is 3. The average molecular weight is 554 g/mol. The van der Waals surface area contributed by atoms with Gasteiger partial charge in [0.2, 0.25) is 0 Å². The Labute approximate surface area is 217 Å². The first-order valence-electron chi connectivity index (χ1n) is 11.3. The Balaban J connectivity index is 1.85. The molecule has 206 valence electrons. The van der Waals surface area contributed by atoms with Crippen molar-refractivity contribution < 1.29 is 41.9 Å². The lowest BCUT2D eigenvalue weighted by molar-refractivity contribution is -0.156. The maximum atomic E-state index is 14.0. The minimum atomic E-state index is -4.58. The number of phosphoric acid groups is 1. The molecule has 1 aliphatic rings. The summed E-state index contributed by atoms with van der Waals surface area (Å²) in [4.78, 5) is 27.9. The second-order valence-electron chi connectivity index (χ2n) is 8.59. The predicted octanol–water partition coefficient (Wildman–Crippen LogP) is 1.11. The van der Waals surface area contributed by atoms with E-state index < -0.39 is 73.9 Å². The van der Waals surface area contributed by atoms with Crippen LogP contribution in [0.4, 0.5) is 10.2 Å². The number of nitrogens with zero attached hydrogens (tertiary/aromatic N) is 2. The average Bonchev–Trinajstić information content (AvgIpc) is 3.10. The number of halogens is 1. The first-order valence-corrected chi connectivity index (χ1v) is 12.8. The second kappa shape index (κ2) is 11.6. The van der Waals surface area contributed by atoms with E-state index in [-0.39, 0.29) is 5.75 Å². The maximum Gasteiger partial charge on any atom is 0.530 e. The van der Waals surface area contributed by atoms with Gasteiger partial charge in [0.25, 0.3) is 0 Å². The summed E-state index contributed by atoms with van der Waals surface area (Å²) in [6, 6.07) is 7.80. The number of aliphatic hydroxyl groups excluding tert-OH is 1. The molecule has 2 aromatic rings. The predicted molar refractivity (Wildman–Crippen MR) is 131 cm³/mol. The molecule has 1 unspecified atom stereocenters. The van der Waals surface area contributed by atoms with Crippen LogP contribution in [0.15, 0.2) is 41.3 Å². The molecule has 0 saturated carbocycles. The molecule has 1 aliphatic heterocycles. The van der Waals surface area contributed by atoms with Gasteiger partial charge < -0.3 is 30.6 Å². The zero-order valence-electron chi connectivity index (χ0n) is 20.7. The number of hydrogen-bond acceptors (Lipinski definition) is 12. The fourth-order valence-electron chi connectivity index (χ4n) is 3.43. The van der Waals surface area contributed by atoms with E-state index in [9.17, 15) is 23.7 Å². The molecule has 1 fully saturated rings. The number of aromatic nitrogens is 2. The summed E-state index contributed by atoms with van der Waals surface area (Å²) in [5.74, 6) is -0.319. The summed E-state index contributed by atoms with van der Waals surface area (Å²) in [5.41, 5.74) is 8.35. The van der Waals surface area contributed by atoms with Gasteiger partial charge in [-0.3, -0.25) is 13.6 Å². The summed E-state index contributed by atoms with van der Waals surface area (Å²) in [5, 5.41) is 10.8. The number of anilines is 1. The Kier molecular flexibility index (Phi) is 8.94. The van der Waals surface area contributed by atoms with Crippen LogP contribution in [0.5, 0.6) is 5.75 Å². The molecule has 3 rings (SSSR count). The lowest BCUT2D eigenvalue weighted by Crippen LogP contribution is -2.55. The molecule has 1 saturated heterocycles. The number of ether oxygens (including phenoxy) is 2. The number of carbonyl (C=O) groups is 1. The molecule has 6 atom stereocenters. The number of nitrogen functional groups attached to an aromatic ring is 1. The van der Waals surface area contributed by atoms with Gasteiger partial charge >= 0.3 is 19.5 Å². The number of para-hydroxylation sites is 1. The standard InChI is InChI=1S/C23H28FN4O9P/c1-5-23(26)18(29)17(35-21(23)28-11-16(24)19(25)27-22(28)31)12-33-38(32,37-15-9-7-6-8-10-15)36-14(4)20(30)34-13(2)3/h1,6-11,13-14,17-18,21,29H,12,26H2,2-4H3,(H2,25,27,31)/t14-,17+,18-,21+,23?,38-/m0/s1. The van der Waals surface area contributed by atoms with Crippen LogP contribution < -0.4 is 21.7 Å². The minimum Gasteiger partial charge on any atom is -0.461 e. The van der Waals surface area contributed by atoms with Crippen LogP contribution in [-0.2, 0) is 27.9 Å². The number of rotatable bonds is 10. The first kappa shape index (κ1) is 29.2. The van der Waals surface area contributed by atoms with Crippen LogP contribution in [0, 0.1) is 18.2 Å². The van der Waals surface area contributed by atoms with Crippen LogP contribution in [0.3, 0.4) is 0 Å². The fourth-order valence-corrected chi connectivity index (χ4v) is 4.77. The molecule has 0 radical (unpaired) electrons. The lowest BCUT2D eigenvalue weighted by atomic mass is 9.92. The summed E-state index contributed by atoms with van der Waals surface area (Å²) in [6.45, 7) is 3.82. The minimum absolute atomic E-state index is 0.0813. The Bertz CT molecular complexity index is 1300. The molecule has 2 heterocycles. The van der Waals surface area contributed by atoms with E-state index in [4.69, 9.17) is 40.9 Å². The Hall–Kier alpha value is -3.31. The van der Waals surface area contributed by atoms with Crippen molar-refractivity contribution in [2.75, 3.05) is 12.3 Å². The summed E-state index contributed by atoms with van der Waals surface area (Å²) in [6.07, 6.45) is -0.381. The van der Waals surface area contributed by atoms with Crippen molar-refractivity contribution in [2.45, 2.75) is 57.0 Å². The number of benzene rings is 1. The third-order valence-corrected chi connectivity index (χ3v) is 6.79. The lowest BCUT2D eigenvalue weighted by Gasteiger charge is -2.27. The molecule has 38 heavy (non-hydrogen) atoms. The van der Waals surface area contributed by atoms with Crippen molar-refractivity contribution in [3.63, 3.8) is 0 Å². The molecule has 5 N–H and O–H groups in total. The van der Waals surface area contributed by atoms with Crippen LogP contribution in [-0.4, -0.2) is 57.2 Å².